The van der Waals surface area contributed by atoms with Gasteiger partial charge in [0.15, 0.2) is 0 Å². The van der Waals surface area contributed by atoms with E-state index in [-0.39, 0.29) is 0 Å². The molecule has 1 saturated carbocycles. The lowest BCUT2D eigenvalue weighted by Gasteiger charge is -2.31. The van der Waals surface area contributed by atoms with Crippen molar-refractivity contribution >= 4 is 0 Å². The molecule has 3 nitrogen and oxygen atoms in total. The van der Waals surface area contributed by atoms with Crippen molar-refractivity contribution < 1.29 is 4.74 Å². The van der Waals surface area contributed by atoms with E-state index < -0.39 is 0 Å². The van der Waals surface area contributed by atoms with E-state index in [1.807, 2.05) is 0 Å². The first-order chi connectivity index (χ1) is 8.24. The lowest BCUT2D eigenvalue weighted by atomic mass is 10.1. The zero-order valence-electron chi connectivity index (χ0n) is 11.5. The Morgan fingerprint density at radius 3 is 2.82 bits per heavy atom. The Labute approximate surface area is 106 Å². The zero-order valence-corrected chi connectivity index (χ0v) is 11.5. The maximum absolute atomic E-state index is 5.74. The highest BCUT2D eigenvalue weighted by Gasteiger charge is 2.21. The molecule has 0 aromatic rings. The third-order valence-corrected chi connectivity index (χ3v) is 3.87. The second kappa shape index (κ2) is 6.72. The molecule has 0 amide bonds. The molecule has 1 N–H and O–H groups in total. The number of hydrogen-bond acceptors (Lipinski definition) is 3. The lowest BCUT2D eigenvalue weighted by Crippen LogP contribution is -2.43. The molecule has 17 heavy (non-hydrogen) atoms. The van der Waals surface area contributed by atoms with Crippen LogP contribution >= 0.6 is 0 Å². The SMILES string of the molecule is CC1CNC(C)CCN(CCOCC2CC2)C1. The van der Waals surface area contributed by atoms with E-state index in [0.717, 1.165) is 38.1 Å². The molecule has 2 aliphatic rings. The molecule has 2 atom stereocenters. The molecule has 0 bridgehead atoms. The molecule has 1 aliphatic carbocycles. The number of nitrogens with one attached hydrogen (secondary N) is 1. The van der Waals surface area contributed by atoms with E-state index in [0.29, 0.717) is 6.04 Å². The minimum Gasteiger partial charge on any atom is -0.380 e. The summed E-state index contributed by atoms with van der Waals surface area (Å²) in [6.07, 6.45) is 4.04. The first-order valence-corrected chi connectivity index (χ1v) is 7.27. The minimum absolute atomic E-state index is 0.660. The van der Waals surface area contributed by atoms with Gasteiger partial charge in [0.25, 0.3) is 0 Å². The second-order valence-electron chi connectivity index (χ2n) is 6.02. The fourth-order valence-corrected chi connectivity index (χ4v) is 2.41. The lowest BCUT2D eigenvalue weighted by molar-refractivity contribution is 0.0869. The molecule has 0 aromatic carbocycles. The first kappa shape index (κ1) is 13.3. The van der Waals surface area contributed by atoms with Crippen molar-refractivity contribution in [1.82, 2.24) is 10.2 Å². The molecule has 0 radical (unpaired) electrons. The monoisotopic (exact) mass is 240 g/mol. The van der Waals surface area contributed by atoms with E-state index >= 15 is 0 Å². The summed E-state index contributed by atoms with van der Waals surface area (Å²) in [6, 6.07) is 0.660. The van der Waals surface area contributed by atoms with Crippen molar-refractivity contribution in [3.63, 3.8) is 0 Å². The Hall–Kier alpha value is -0.120. The largest absolute Gasteiger partial charge is 0.380 e. The number of rotatable bonds is 5. The highest BCUT2D eigenvalue weighted by molar-refractivity contribution is 4.74. The molecule has 2 unspecified atom stereocenters. The fourth-order valence-electron chi connectivity index (χ4n) is 2.41. The van der Waals surface area contributed by atoms with E-state index in [1.54, 1.807) is 0 Å². The van der Waals surface area contributed by atoms with Crippen molar-refractivity contribution in [1.29, 1.82) is 0 Å². The van der Waals surface area contributed by atoms with Crippen LogP contribution in [0.25, 0.3) is 0 Å². The normalized spacial score (nSPS) is 32.1. The Kier molecular flexibility index (Phi) is 5.26. The number of hydrogen-bond donors (Lipinski definition) is 1. The third-order valence-electron chi connectivity index (χ3n) is 3.87. The smallest absolute Gasteiger partial charge is 0.0593 e. The van der Waals surface area contributed by atoms with Gasteiger partial charge in [-0.05, 0) is 51.1 Å². The highest BCUT2D eigenvalue weighted by atomic mass is 16.5. The van der Waals surface area contributed by atoms with Gasteiger partial charge in [-0.25, -0.2) is 0 Å². The third kappa shape index (κ3) is 5.36. The average molecular weight is 240 g/mol. The van der Waals surface area contributed by atoms with Gasteiger partial charge >= 0.3 is 0 Å². The Bertz CT molecular complexity index is 218. The van der Waals surface area contributed by atoms with Gasteiger partial charge in [-0.2, -0.15) is 0 Å². The van der Waals surface area contributed by atoms with Crippen LogP contribution in [0.1, 0.15) is 33.1 Å². The van der Waals surface area contributed by atoms with Crippen molar-refractivity contribution in [2.75, 3.05) is 39.4 Å². The van der Waals surface area contributed by atoms with Gasteiger partial charge in [-0.1, -0.05) is 6.92 Å². The second-order valence-corrected chi connectivity index (χ2v) is 6.02. The predicted molar refractivity (Wildman–Crippen MR) is 71.2 cm³/mol. The van der Waals surface area contributed by atoms with Crippen LogP contribution < -0.4 is 5.32 Å². The zero-order chi connectivity index (χ0) is 12.1. The maximum atomic E-state index is 5.74. The van der Waals surface area contributed by atoms with Gasteiger partial charge in [0.2, 0.25) is 0 Å². The molecule has 1 saturated heterocycles. The standard InChI is InChI=1S/C14H28N2O/c1-12-9-15-13(2)5-6-16(10-12)7-8-17-11-14-3-4-14/h12-15H,3-11H2,1-2H3. The van der Waals surface area contributed by atoms with E-state index in [4.69, 9.17) is 4.74 Å². The molecule has 1 heterocycles. The summed E-state index contributed by atoms with van der Waals surface area (Å²) in [6.45, 7) is 11.2. The Morgan fingerprint density at radius 1 is 1.24 bits per heavy atom. The predicted octanol–water partition coefficient (Wildman–Crippen LogP) is 1.73. The highest BCUT2D eigenvalue weighted by Crippen LogP contribution is 2.28. The molecule has 2 rings (SSSR count). The van der Waals surface area contributed by atoms with Crippen LogP contribution in [0.4, 0.5) is 0 Å². The Morgan fingerprint density at radius 2 is 2.06 bits per heavy atom. The summed E-state index contributed by atoms with van der Waals surface area (Å²) in [4.78, 5) is 2.58. The summed E-state index contributed by atoms with van der Waals surface area (Å²) < 4.78 is 5.74. The summed E-state index contributed by atoms with van der Waals surface area (Å²) in [5, 5.41) is 3.59. The van der Waals surface area contributed by atoms with Crippen LogP contribution in [0.15, 0.2) is 0 Å². The minimum atomic E-state index is 0.660. The average Bonchev–Trinajstić information content (AvgIpc) is 3.10. The van der Waals surface area contributed by atoms with Crippen LogP contribution in [0.3, 0.4) is 0 Å². The van der Waals surface area contributed by atoms with Crippen molar-refractivity contribution in [2.45, 2.75) is 39.2 Å². The summed E-state index contributed by atoms with van der Waals surface area (Å²) in [5.41, 5.74) is 0. The van der Waals surface area contributed by atoms with Crippen LogP contribution in [-0.2, 0) is 4.74 Å². The summed E-state index contributed by atoms with van der Waals surface area (Å²) >= 11 is 0. The van der Waals surface area contributed by atoms with Gasteiger partial charge in [-0.3, -0.25) is 0 Å². The van der Waals surface area contributed by atoms with Gasteiger partial charge < -0.3 is 15.0 Å². The quantitative estimate of drug-likeness (QED) is 0.741. The molecule has 1 aliphatic heterocycles. The molecular weight excluding hydrogens is 212 g/mol. The van der Waals surface area contributed by atoms with Crippen molar-refractivity contribution in [3.8, 4) is 0 Å². The maximum Gasteiger partial charge on any atom is 0.0593 e. The van der Waals surface area contributed by atoms with Crippen LogP contribution in [0, 0.1) is 11.8 Å². The van der Waals surface area contributed by atoms with Gasteiger partial charge in [0.1, 0.15) is 0 Å². The molecule has 3 heteroatoms. The van der Waals surface area contributed by atoms with Crippen molar-refractivity contribution in [2.24, 2.45) is 11.8 Å². The Balaban J connectivity index is 1.61. The summed E-state index contributed by atoms with van der Waals surface area (Å²) in [5.74, 6) is 1.65. The van der Waals surface area contributed by atoms with Gasteiger partial charge in [-0.15, -0.1) is 0 Å². The molecule has 0 aromatic heterocycles. The van der Waals surface area contributed by atoms with Crippen molar-refractivity contribution in [3.05, 3.63) is 0 Å². The van der Waals surface area contributed by atoms with Crippen LogP contribution in [-0.4, -0.2) is 50.3 Å². The first-order valence-electron chi connectivity index (χ1n) is 7.27. The van der Waals surface area contributed by atoms with E-state index in [9.17, 15) is 0 Å². The summed E-state index contributed by atoms with van der Waals surface area (Å²) in [7, 11) is 0. The van der Waals surface area contributed by atoms with Crippen LogP contribution in [0.2, 0.25) is 0 Å². The molecular formula is C14H28N2O. The van der Waals surface area contributed by atoms with Gasteiger partial charge in [0.05, 0.1) is 6.61 Å². The van der Waals surface area contributed by atoms with Gasteiger partial charge in [0, 0.05) is 25.7 Å². The molecule has 100 valence electrons. The topological polar surface area (TPSA) is 24.5 Å². The molecule has 2 fully saturated rings. The van der Waals surface area contributed by atoms with E-state index in [2.05, 4.69) is 24.1 Å². The van der Waals surface area contributed by atoms with E-state index in [1.165, 1.54) is 32.4 Å². The number of nitrogens with zero attached hydrogens (tertiary/aromatic N) is 1. The van der Waals surface area contributed by atoms with Crippen LogP contribution in [0.5, 0.6) is 0 Å². The number of ether oxygens (including phenoxy) is 1. The molecule has 0 spiro atoms. The fraction of sp³-hybridized carbons (Fsp3) is 1.00.